The van der Waals surface area contributed by atoms with Gasteiger partial charge in [-0.05, 0) is 36.6 Å². The highest BCUT2D eigenvalue weighted by molar-refractivity contribution is 6.31. The summed E-state index contributed by atoms with van der Waals surface area (Å²) in [5.41, 5.74) is 2.40. The second-order valence-electron chi connectivity index (χ2n) is 6.28. The van der Waals surface area contributed by atoms with Crippen LogP contribution in [0.25, 0.3) is 10.9 Å². The number of nitrogens with zero attached hydrogens (tertiary/aromatic N) is 2. The third kappa shape index (κ3) is 3.84. The lowest BCUT2D eigenvalue weighted by Gasteiger charge is -2.21. The van der Waals surface area contributed by atoms with E-state index in [-0.39, 0.29) is 0 Å². The van der Waals surface area contributed by atoms with Gasteiger partial charge in [0.05, 0.1) is 6.61 Å². The van der Waals surface area contributed by atoms with Gasteiger partial charge in [-0.15, -0.1) is 0 Å². The Bertz CT molecular complexity index is 712. The molecule has 2 heterocycles. The molecule has 1 aliphatic rings. The Kier molecular flexibility index (Phi) is 5.63. The minimum absolute atomic E-state index is 0.601. The Morgan fingerprint density at radius 2 is 2.38 bits per heavy atom. The van der Waals surface area contributed by atoms with Crippen molar-refractivity contribution in [3.05, 3.63) is 35.0 Å². The molecular weight excluding hydrogens is 324 g/mol. The van der Waals surface area contributed by atoms with Gasteiger partial charge in [0.2, 0.25) is 0 Å². The first-order chi connectivity index (χ1) is 11.7. The predicted octanol–water partition coefficient (Wildman–Crippen LogP) is 2.91. The van der Waals surface area contributed by atoms with Crippen LogP contribution in [0.3, 0.4) is 0 Å². The second-order valence-corrected chi connectivity index (χ2v) is 6.72. The summed E-state index contributed by atoms with van der Waals surface area (Å²) >= 11 is 6.11. The summed E-state index contributed by atoms with van der Waals surface area (Å²) < 4.78 is 5.27. The Morgan fingerprint density at radius 1 is 1.50 bits per heavy atom. The van der Waals surface area contributed by atoms with Crippen molar-refractivity contribution in [2.45, 2.75) is 12.8 Å². The van der Waals surface area contributed by atoms with Gasteiger partial charge >= 0.3 is 0 Å². The molecule has 0 bridgehead atoms. The fraction of sp³-hybridized carbons (Fsp3) is 0.500. The molecule has 6 heteroatoms. The molecule has 5 nitrogen and oxygen atoms in total. The lowest BCUT2D eigenvalue weighted by molar-refractivity contribution is 0.157. The number of benzene rings is 1. The zero-order chi connectivity index (χ0) is 16.9. The highest BCUT2D eigenvalue weighted by atomic mass is 35.5. The van der Waals surface area contributed by atoms with E-state index in [4.69, 9.17) is 16.3 Å². The third-order valence-corrected chi connectivity index (χ3v) is 4.84. The molecule has 1 unspecified atom stereocenters. The van der Waals surface area contributed by atoms with Crippen molar-refractivity contribution in [1.29, 1.82) is 0 Å². The fourth-order valence-electron chi connectivity index (χ4n) is 3.40. The maximum atomic E-state index is 6.11. The van der Waals surface area contributed by atoms with E-state index >= 15 is 0 Å². The number of nitrogens with one attached hydrogen (secondary N) is 2. The number of aliphatic imine (C=N–C) groups is 1. The van der Waals surface area contributed by atoms with Crippen molar-refractivity contribution in [1.82, 2.24) is 15.2 Å². The molecule has 2 N–H and O–H groups in total. The number of rotatable bonds is 5. The maximum absolute atomic E-state index is 6.11. The van der Waals surface area contributed by atoms with E-state index in [1.54, 1.807) is 7.11 Å². The molecule has 1 atom stereocenters. The zero-order valence-electron chi connectivity index (χ0n) is 14.3. The standard InChI is InChI=1S/C18H25ClN4O/c1-20-18(23-8-6-13(11-23)12-24-2)21-7-5-14-10-22-17-4-3-15(19)9-16(14)17/h3-4,9-10,13,22H,5-8,11-12H2,1-2H3,(H,20,21). The largest absolute Gasteiger partial charge is 0.384 e. The molecule has 0 amide bonds. The Morgan fingerprint density at radius 3 is 3.17 bits per heavy atom. The topological polar surface area (TPSA) is 52.7 Å². The molecule has 2 aromatic rings. The normalized spacial score (nSPS) is 18.5. The minimum atomic E-state index is 0.601. The number of hydrogen-bond acceptors (Lipinski definition) is 2. The van der Waals surface area contributed by atoms with Crippen molar-refractivity contribution in [2.75, 3.05) is 40.4 Å². The summed E-state index contributed by atoms with van der Waals surface area (Å²) in [5, 5.41) is 5.45. The number of hydrogen-bond donors (Lipinski definition) is 2. The molecule has 24 heavy (non-hydrogen) atoms. The smallest absolute Gasteiger partial charge is 0.193 e. The molecule has 0 saturated carbocycles. The van der Waals surface area contributed by atoms with Gasteiger partial charge in [-0.1, -0.05) is 11.6 Å². The Labute approximate surface area is 148 Å². The molecule has 1 aliphatic heterocycles. The average molecular weight is 349 g/mol. The summed E-state index contributed by atoms with van der Waals surface area (Å²) in [5.74, 6) is 1.58. The lowest BCUT2D eigenvalue weighted by atomic mass is 10.1. The highest BCUT2D eigenvalue weighted by Crippen LogP contribution is 2.22. The number of aromatic nitrogens is 1. The van der Waals surface area contributed by atoms with E-state index in [0.29, 0.717) is 5.92 Å². The monoisotopic (exact) mass is 348 g/mol. The number of aromatic amines is 1. The van der Waals surface area contributed by atoms with Crippen LogP contribution < -0.4 is 5.32 Å². The molecule has 0 radical (unpaired) electrons. The van der Waals surface area contributed by atoms with Crippen molar-refractivity contribution in [2.24, 2.45) is 10.9 Å². The van der Waals surface area contributed by atoms with Crippen LogP contribution in [0.1, 0.15) is 12.0 Å². The van der Waals surface area contributed by atoms with Crippen LogP contribution in [0.5, 0.6) is 0 Å². The van der Waals surface area contributed by atoms with Crippen molar-refractivity contribution in [3.63, 3.8) is 0 Å². The van der Waals surface area contributed by atoms with Crippen LogP contribution in [-0.4, -0.2) is 56.2 Å². The summed E-state index contributed by atoms with van der Waals surface area (Å²) in [6, 6.07) is 5.95. The van der Waals surface area contributed by atoms with E-state index in [1.165, 1.54) is 10.9 Å². The molecule has 130 valence electrons. The number of fused-ring (bicyclic) bond motifs is 1. The molecular formula is C18H25ClN4O. The van der Waals surface area contributed by atoms with Gasteiger partial charge in [0.1, 0.15) is 0 Å². The highest BCUT2D eigenvalue weighted by Gasteiger charge is 2.24. The van der Waals surface area contributed by atoms with Crippen LogP contribution in [-0.2, 0) is 11.2 Å². The van der Waals surface area contributed by atoms with Crippen molar-refractivity contribution < 1.29 is 4.74 Å². The number of likely N-dealkylation sites (tertiary alicyclic amines) is 1. The van der Waals surface area contributed by atoms with E-state index in [2.05, 4.69) is 26.4 Å². The van der Waals surface area contributed by atoms with Crippen molar-refractivity contribution >= 4 is 28.5 Å². The summed E-state index contributed by atoms with van der Waals surface area (Å²) in [4.78, 5) is 10.0. The Hall–Kier alpha value is -1.72. The van der Waals surface area contributed by atoms with Gasteiger partial charge in [0, 0.05) is 61.8 Å². The van der Waals surface area contributed by atoms with E-state index < -0.39 is 0 Å². The molecule has 1 fully saturated rings. The van der Waals surface area contributed by atoms with Gasteiger partial charge in [-0.3, -0.25) is 4.99 Å². The van der Waals surface area contributed by atoms with Gasteiger partial charge in [-0.25, -0.2) is 0 Å². The first-order valence-electron chi connectivity index (χ1n) is 8.41. The zero-order valence-corrected chi connectivity index (χ0v) is 15.1. The Balaban J connectivity index is 1.56. The van der Waals surface area contributed by atoms with Crippen LogP contribution in [0, 0.1) is 5.92 Å². The van der Waals surface area contributed by atoms with Gasteiger partial charge in [-0.2, -0.15) is 0 Å². The van der Waals surface area contributed by atoms with Crippen LogP contribution in [0.2, 0.25) is 5.02 Å². The molecule has 0 spiro atoms. The molecule has 0 aliphatic carbocycles. The van der Waals surface area contributed by atoms with E-state index in [0.717, 1.165) is 55.6 Å². The van der Waals surface area contributed by atoms with Gasteiger partial charge in [0.25, 0.3) is 0 Å². The summed E-state index contributed by atoms with van der Waals surface area (Å²) in [6.07, 6.45) is 4.15. The van der Waals surface area contributed by atoms with E-state index in [1.807, 2.05) is 25.2 Å². The van der Waals surface area contributed by atoms with E-state index in [9.17, 15) is 0 Å². The first-order valence-corrected chi connectivity index (χ1v) is 8.79. The second kappa shape index (κ2) is 7.90. The van der Waals surface area contributed by atoms with Crippen LogP contribution >= 0.6 is 11.6 Å². The summed E-state index contributed by atoms with van der Waals surface area (Å²) in [6.45, 7) is 3.72. The number of methoxy groups -OCH3 is 1. The lowest BCUT2D eigenvalue weighted by Crippen LogP contribution is -2.41. The SMILES string of the molecule is CN=C(NCCc1c[nH]c2ccc(Cl)cc12)N1CCC(COC)C1. The number of ether oxygens (including phenoxy) is 1. The number of H-pyrrole nitrogens is 1. The summed E-state index contributed by atoms with van der Waals surface area (Å²) in [7, 11) is 3.61. The molecule has 1 aromatic carbocycles. The molecule has 3 rings (SSSR count). The number of guanidine groups is 1. The van der Waals surface area contributed by atoms with Gasteiger partial charge < -0.3 is 19.9 Å². The predicted molar refractivity (Wildman–Crippen MR) is 99.9 cm³/mol. The third-order valence-electron chi connectivity index (χ3n) is 4.61. The molecule has 1 aromatic heterocycles. The molecule has 1 saturated heterocycles. The number of halogens is 1. The maximum Gasteiger partial charge on any atom is 0.193 e. The fourth-order valence-corrected chi connectivity index (χ4v) is 3.57. The van der Waals surface area contributed by atoms with Crippen LogP contribution in [0.15, 0.2) is 29.4 Å². The first kappa shape index (κ1) is 17.1. The minimum Gasteiger partial charge on any atom is -0.384 e. The van der Waals surface area contributed by atoms with Gasteiger partial charge in [0.15, 0.2) is 5.96 Å². The average Bonchev–Trinajstić information content (AvgIpc) is 3.19. The van der Waals surface area contributed by atoms with Crippen LogP contribution in [0.4, 0.5) is 0 Å². The quantitative estimate of drug-likeness (QED) is 0.645. The van der Waals surface area contributed by atoms with Crippen molar-refractivity contribution in [3.8, 4) is 0 Å².